The molecule has 0 unspecified atom stereocenters. The van der Waals surface area contributed by atoms with Crippen molar-refractivity contribution in [2.45, 2.75) is 0 Å². The zero-order chi connectivity index (χ0) is 19.3. The lowest BCUT2D eigenvalue weighted by Crippen LogP contribution is -2.39. The molecule has 2 aromatic carbocycles. The molecule has 26 heavy (non-hydrogen) atoms. The summed E-state index contributed by atoms with van der Waals surface area (Å²) < 4.78 is 39.2. The van der Waals surface area contributed by atoms with Gasteiger partial charge in [0.2, 0.25) is 10.0 Å². The Hall–Kier alpha value is -1.97. The molecule has 0 aliphatic carbocycles. The summed E-state index contributed by atoms with van der Waals surface area (Å²) in [4.78, 5) is 12.0. The van der Waals surface area contributed by atoms with Crippen molar-refractivity contribution in [3.63, 3.8) is 0 Å². The molecule has 1 amide bonds. The van der Waals surface area contributed by atoms with Gasteiger partial charge >= 0.3 is 0 Å². The van der Waals surface area contributed by atoms with E-state index in [2.05, 4.69) is 26.5 Å². The molecule has 0 bridgehead atoms. The number of amides is 1. The fraction of sp³-hybridized carbons (Fsp3) is 0.125. The van der Waals surface area contributed by atoms with Crippen molar-refractivity contribution in [3.8, 4) is 0 Å². The van der Waals surface area contributed by atoms with Crippen LogP contribution in [0.4, 0.5) is 10.1 Å². The Morgan fingerprint density at radius 1 is 1.31 bits per heavy atom. The minimum absolute atomic E-state index is 0.0161. The van der Waals surface area contributed by atoms with E-state index in [0.717, 1.165) is 21.2 Å². The maximum absolute atomic E-state index is 13.6. The molecule has 1 N–H and O–H groups in total. The van der Waals surface area contributed by atoms with Crippen LogP contribution < -0.4 is 9.73 Å². The lowest BCUT2D eigenvalue weighted by Gasteiger charge is -2.21. The number of hydrogen-bond donors (Lipinski definition) is 1. The largest absolute Gasteiger partial charge is 0.271 e. The van der Waals surface area contributed by atoms with E-state index in [-0.39, 0.29) is 10.6 Å². The van der Waals surface area contributed by atoms with Crippen LogP contribution in [-0.2, 0) is 14.8 Å². The molecule has 6 nitrogen and oxygen atoms in total. The van der Waals surface area contributed by atoms with E-state index < -0.39 is 28.3 Å². The standard InChI is InChI=1S/C16H14BrClFN3O3S/c1-26(24,25)22(12-7-5-11(17)6-8-12)10-16(23)21-20-9-13-14(18)3-2-4-15(13)19/h2-9H,10H2,1H3,(H,21,23)/b20-9+. The fourth-order valence-corrected chi connectivity index (χ4v) is 3.31. The first-order valence-corrected chi connectivity index (χ1v) is 10.2. The monoisotopic (exact) mass is 461 g/mol. The molecule has 2 rings (SSSR count). The average Bonchev–Trinajstić information content (AvgIpc) is 2.55. The van der Waals surface area contributed by atoms with Crippen LogP contribution in [0.2, 0.25) is 5.02 Å². The predicted octanol–water partition coefficient (Wildman–Crippen LogP) is 3.16. The van der Waals surface area contributed by atoms with Crippen molar-refractivity contribution in [1.29, 1.82) is 0 Å². The summed E-state index contributed by atoms with van der Waals surface area (Å²) in [7, 11) is -3.69. The smallest absolute Gasteiger partial charge is 0.260 e. The third-order valence-corrected chi connectivity index (χ3v) is 5.18. The second-order valence-corrected chi connectivity index (χ2v) is 8.40. The van der Waals surface area contributed by atoms with Gasteiger partial charge in [0.05, 0.1) is 23.2 Å². The number of rotatable bonds is 6. The van der Waals surface area contributed by atoms with Crippen molar-refractivity contribution >= 4 is 55.4 Å². The zero-order valence-corrected chi connectivity index (χ0v) is 16.6. The molecule has 138 valence electrons. The van der Waals surface area contributed by atoms with Crippen molar-refractivity contribution in [1.82, 2.24) is 5.43 Å². The maximum Gasteiger partial charge on any atom is 0.260 e. The molecule has 0 saturated carbocycles. The first kappa shape index (κ1) is 20.3. The Balaban J connectivity index is 2.11. The summed E-state index contributed by atoms with van der Waals surface area (Å²) in [5, 5.41) is 3.76. The summed E-state index contributed by atoms with van der Waals surface area (Å²) in [6.07, 6.45) is 2.05. The van der Waals surface area contributed by atoms with E-state index in [1.807, 2.05) is 0 Å². The van der Waals surface area contributed by atoms with E-state index in [1.54, 1.807) is 24.3 Å². The molecule has 0 radical (unpaired) electrons. The van der Waals surface area contributed by atoms with Gasteiger partial charge in [-0.3, -0.25) is 9.10 Å². The Kier molecular flexibility index (Phi) is 6.74. The number of hydrogen-bond acceptors (Lipinski definition) is 4. The van der Waals surface area contributed by atoms with Gasteiger partial charge in [0.25, 0.3) is 5.91 Å². The Morgan fingerprint density at radius 2 is 1.96 bits per heavy atom. The number of carbonyl (C=O) groups excluding carboxylic acids is 1. The Labute approximate surface area is 163 Å². The highest BCUT2D eigenvalue weighted by Gasteiger charge is 2.20. The van der Waals surface area contributed by atoms with Crippen LogP contribution >= 0.6 is 27.5 Å². The fourth-order valence-electron chi connectivity index (χ4n) is 1.98. The first-order chi connectivity index (χ1) is 12.2. The number of benzene rings is 2. The molecular formula is C16H14BrClFN3O3S. The topological polar surface area (TPSA) is 78.8 Å². The van der Waals surface area contributed by atoms with Gasteiger partial charge in [0.1, 0.15) is 12.4 Å². The van der Waals surface area contributed by atoms with E-state index >= 15 is 0 Å². The molecule has 0 atom stereocenters. The maximum atomic E-state index is 13.6. The number of nitrogens with zero attached hydrogens (tertiary/aromatic N) is 2. The minimum atomic E-state index is -3.69. The quantitative estimate of drug-likeness (QED) is 0.529. The predicted molar refractivity (Wildman–Crippen MR) is 103 cm³/mol. The highest BCUT2D eigenvalue weighted by atomic mass is 79.9. The second kappa shape index (κ2) is 8.61. The van der Waals surface area contributed by atoms with Gasteiger partial charge in [0, 0.05) is 10.0 Å². The molecule has 0 fully saturated rings. The summed E-state index contributed by atoms with van der Waals surface area (Å²) in [6, 6.07) is 10.5. The van der Waals surface area contributed by atoms with Crippen LogP contribution in [0, 0.1) is 5.82 Å². The Bertz CT molecular complexity index is 916. The van der Waals surface area contributed by atoms with Crippen LogP contribution in [0.15, 0.2) is 52.0 Å². The van der Waals surface area contributed by atoms with Crippen LogP contribution in [0.3, 0.4) is 0 Å². The molecule has 10 heteroatoms. The minimum Gasteiger partial charge on any atom is -0.271 e. The second-order valence-electron chi connectivity index (χ2n) is 5.17. The lowest BCUT2D eigenvalue weighted by molar-refractivity contribution is -0.119. The van der Waals surface area contributed by atoms with Crippen molar-refractivity contribution in [3.05, 3.63) is 63.3 Å². The van der Waals surface area contributed by atoms with Crippen LogP contribution in [0.25, 0.3) is 0 Å². The van der Waals surface area contributed by atoms with Crippen LogP contribution in [0.1, 0.15) is 5.56 Å². The summed E-state index contributed by atoms with van der Waals surface area (Å²) in [5.74, 6) is -1.29. The van der Waals surface area contributed by atoms with E-state index in [1.165, 1.54) is 18.2 Å². The van der Waals surface area contributed by atoms with E-state index in [9.17, 15) is 17.6 Å². The third kappa shape index (κ3) is 5.52. The van der Waals surface area contributed by atoms with Crippen molar-refractivity contribution in [2.75, 3.05) is 17.1 Å². The lowest BCUT2D eigenvalue weighted by atomic mass is 10.2. The number of anilines is 1. The molecule has 2 aromatic rings. The highest BCUT2D eigenvalue weighted by molar-refractivity contribution is 9.10. The van der Waals surface area contributed by atoms with E-state index in [4.69, 9.17) is 11.6 Å². The van der Waals surface area contributed by atoms with Crippen molar-refractivity contribution in [2.24, 2.45) is 5.10 Å². The van der Waals surface area contributed by atoms with Gasteiger partial charge in [-0.1, -0.05) is 33.6 Å². The van der Waals surface area contributed by atoms with Gasteiger partial charge in [-0.25, -0.2) is 18.2 Å². The van der Waals surface area contributed by atoms with Gasteiger partial charge in [-0.05, 0) is 36.4 Å². The SMILES string of the molecule is CS(=O)(=O)N(CC(=O)N/N=C/c1c(F)cccc1Cl)c1ccc(Br)cc1. The molecule has 0 heterocycles. The van der Waals surface area contributed by atoms with E-state index in [0.29, 0.717) is 5.69 Å². The number of carbonyl (C=O) groups is 1. The van der Waals surface area contributed by atoms with Gasteiger partial charge in [-0.2, -0.15) is 5.10 Å². The first-order valence-electron chi connectivity index (χ1n) is 7.17. The molecule has 0 aromatic heterocycles. The molecule has 0 aliphatic heterocycles. The number of hydrazone groups is 1. The van der Waals surface area contributed by atoms with Crippen molar-refractivity contribution < 1.29 is 17.6 Å². The Morgan fingerprint density at radius 3 is 2.54 bits per heavy atom. The van der Waals surface area contributed by atoms with Gasteiger partial charge < -0.3 is 0 Å². The molecule has 0 saturated heterocycles. The van der Waals surface area contributed by atoms with Gasteiger partial charge in [-0.15, -0.1) is 0 Å². The number of sulfonamides is 1. The third-order valence-electron chi connectivity index (χ3n) is 3.18. The summed E-state index contributed by atoms with van der Waals surface area (Å²) in [5.41, 5.74) is 2.50. The summed E-state index contributed by atoms with van der Waals surface area (Å²) >= 11 is 9.10. The number of halogens is 3. The average molecular weight is 463 g/mol. The summed E-state index contributed by atoms with van der Waals surface area (Å²) in [6.45, 7) is -0.483. The normalized spacial score (nSPS) is 11.5. The van der Waals surface area contributed by atoms with Crippen LogP contribution in [-0.4, -0.2) is 33.3 Å². The van der Waals surface area contributed by atoms with Crippen LogP contribution in [0.5, 0.6) is 0 Å². The molecular weight excluding hydrogens is 449 g/mol. The van der Waals surface area contributed by atoms with Gasteiger partial charge in [0.15, 0.2) is 0 Å². The zero-order valence-electron chi connectivity index (χ0n) is 13.5. The highest BCUT2D eigenvalue weighted by Crippen LogP contribution is 2.20. The molecule has 0 spiro atoms. The number of nitrogens with one attached hydrogen (secondary N) is 1. The molecule has 0 aliphatic rings.